The Labute approximate surface area is 128 Å². The molecule has 0 bridgehead atoms. The Bertz CT molecular complexity index is 456. The van der Waals surface area contributed by atoms with Gasteiger partial charge in [-0.25, -0.2) is 0 Å². The van der Waals surface area contributed by atoms with Crippen LogP contribution in [0.2, 0.25) is 10.0 Å². The van der Waals surface area contributed by atoms with Crippen LogP contribution in [0, 0.1) is 0 Å². The molecule has 0 saturated carbocycles. The highest BCUT2D eigenvalue weighted by atomic mass is 35.5. The molecular formula is C14H18Cl2N2O2. The van der Waals surface area contributed by atoms with Crippen molar-refractivity contribution in [3.8, 4) is 5.75 Å². The van der Waals surface area contributed by atoms with E-state index < -0.39 is 6.10 Å². The van der Waals surface area contributed by atoms with Gasteiger partial charge in [-0.05, 0) is 44.5 Å². The number of hydrogen-bond donors (Lipinski definition) is 2. The fraction of sp³-hybridized carbons (Fsp3) is 0.500. The van der Waals surface area contributed by atoms with E-state index >= 15 is 0 Å². The largest absolute Gasteiger partial charge is 0.481 e. The number of benzene rings is 1. The summed E-state index contributed by atoms with van der Waals surface area (Å²) >= 11 is 11.8. The first-order chi connectivity index (χ1) is 9.54. The van der Waals surface area contributed by atoms with Crippen LogP contribution in [0.1, 0.15) is 19.8 Å². The van der Waals surface area contributed by atoms with Crippen molar-refractivity contribution < 1.29 is 9.53 Å². The summed E-state index contributed by atoms with van der Waals surface area (Å²) in [6, 6.07) is 5.07. The molecule has 2 unspecified atom stereocenters. The number of hydrogen-bond acceptors (Lipinski definition) is 3. The van der Waals surface area contributed by atoms with Gasteiger partial charge in [0, 0.05) is 22.6 Å². The molecule has 4 nitrogen and oxygen atoms in total. The van der Waals surface area contributed by atoms with Gasteiger partial charge in [0.15, 0.2) is 6.10 Å². The molecule has 1 saturated heterocycles. The fourth-order valence-electron chi connectivity index (χ4n) is 2.15. The molecule has 2 N–H and O–H groups in total. The van der Waals surface area contributed by atoms with Gasteiger partial charge >= 0.3 is 0 Å². The zero-order valence-electron chi connectivity index (χ0n) is 11.3. The van der Waals surface area contributed by atoms with E-state index in [0.717, 1.165) is 25.9 Å². The normalized spacial score (nSPS) is 20.2. The minimum Gasteiger partial charge on any atom is -0.481 e. The summed E-state index contributed by atoms with van der Waals surface area (Å²) in [6.07, 6.45) is 1.48. The molecule has 1 aliphatic rings. The zero-order chi connectivity index (χ0) is 14.5. The third kappa shape index (κ3) is 4.54. The second kappa shape index (κ2) is 7.16. The third-order valence-corrected chi connectivity index (χ3v) is 3.60. The van der Waals surface area contributed by atoms with Crippen LogP contribution in [-0.4, -0.2) is 31.1 Å². The highest BCUT2D eigenvalue weighted by Gasteiger charge is 2.20. The van der Waals surface area contributed by atoms with E-state index in [0.29, 0.717) is 15.8 Å². The molecule has 1 amide bonds. The average molecular weight is 317 g/mol. The number of rotatable bonds is 4. The molecule has 1 aromatic rings. The van der Waals surface area contributed by atoms with Crippen LogP contribution in [0.4, 0.5) is 0 Å². The minimum absolute atomic E-state index is 0.130. The average Bonchev–Trinajstić information content (AvgIpc) is 2.38. The summed E-state index contributed by atoms with van der Waals surface area (Å²) in [7, 11) is 0. The molecule has 110 valence electrons. The molecule has 0 aliphatic carbocycles. The van der Waals surface area contributed by atoms with Crippen LogP contribution < -0.4 is 15.4 Å². The second-order valence-electron chi connectivity index (χ2n) is 4.92. The van der Waals surface area contributed by atoms with E-state index in [-0.39, 0.29) is 11.9 Å². The molecule has 2 rings (SSSR count). The maximum Gasteiger partial charge on any atom is 0.261 e. The van der Waals surface area contributed by atoms with E-state index in [1.165, 1.54) is 0 Å². The molecule has 0 radical (unpaired) electrons. The quantitative estimate of drug-likeness (QED) is 0.897. The number of amides is 1. The molecule has 1 heterocycles. The van der Waals surface area contributed by atoms with Crippen molar-refractivity contribution >= 4 is 29.1 Å². The summed E-state index contributed by atoms with van der Waals surface area (Å²) in [4.78, 5) is 12.1. The highest BCUT2D eigenvalue weighted by molar-refractivity contribution is 6.34. The van der Waals surface area contributed by atoms with Crippen LogP contribution in [0.5, 0.6) is 5.75 Å². The van der Waals surface area contributed by atoms with Crippen LogP contribution in [0.3, 0.4) is 0 Å². The van der Waals surface area contributed by atoms with E-state index in [1.54, 1.807) is 25.1 Å². The predicted octanol–water partition coefficient (Wildman–Crippen LogP) is 2.63. The van der Waals surface area contributed by atoms with Crippen LogP contribution in [-0.2, 0) is 4.79 Å². The van der Waals surface area contributed by atoms with Gasteiger partial charge in [-0.3, -0.25) is 4.79 Å². The SMILES string of the molecule is CC(Oc1cc(Cl)cc(Cl)c1)C(=O)NC1CCCNC1. The number of carbonyl (C=O) groups is 1. The lowest BCUT2D eigenvalue weighted by atomic mass is 10.1. The lowest BCUT2D eigenvalue weighted by Crippen LogP contribution is -2.49. The summed E-state index contributed by atoms with van der Waals surface area (Å²) in [6.45, 7) is 3.53. The Morgan fingerprint density at radius 2 is 2.10 bits per heavy atom. The van der Waals surface area contributed by atoms with Crippen molar-refractivity contribution in [2.24, 2.45) is 0 Å². The first-order valence-electron chi connectivity index (χ1n) is 6.68. The Balaban J connectivity index is 1.89. The monoisotopic (exact) mass is 316 g/mol. The Morgan fingerprint density at radius 1 is 1.40 bits per heavy atom. The van der Waals surface area contributed by atoms with Crippen LogP contribution in [0.25, 0.3) is 0 Å². The van der Waals surface area contributed by atoms with E-state index in [1.807, 2.05) is 0 Å². The highest BCUT2D eigenvalue weighted by Crippen LogP contribution is 2.24. The minimum atomic E-state index is -0.591. The molecule has 0 spiro atoms. The van der Waals surface area contributed by atoms with Crippen LogP contribution in [0.15, 0.2) is 18.2 Å². The Morgan fingerprint density at radius 3 is 2.70 bits per heavy atom. The topological polar surface area (TPSA) is 50.4 Å². The van der Waals surface area contributed by atoms with Gasteiger partial charge in [0.2, 0.25) is 0 Å². The van der Waals surface area contributed by atoms with E-state index in [4.69, 9.17) is 27.9 Å². The van der Waals surface area contributed by atoms with Crippen LogP contribution >= 0.6 is 23.2 Å². The van der Waals surface area contributed by atoms with Gasteiger partial charge in [-0.1, -0.05) is 23.2 Å². The van der Waals surface area contributed by atoms with Gasteiger partial charge in [0.1, 0.15) is 5.75 Å². The van der Waals surface area contributed by atoms with Crippen molar-refractivity contribution in [2.75, 3.05) is 13.1 Å². The van der Waals surface area contributed by atoms with Gasteiger partial charge in [0.25, 0.3) is 5.91 Å². The molecule has 2 atom stereocenters. The number of halogens is 2. The first kappa shape index (κ1) is 15.4. The molecular weight excluding hydrogens is 299 g/mol. The molecule has 20 heavy (non-hydrogen) atoms. The van der Waals surface area contributed by atoms with Crippen molar-refractivity contribution in [3.05, 3.63) is 28.2 Å². The van der Waals surface area contributed by atoms with Gasteiger partial charge < -0.3 is 15.4 Å². The maximum atomic E-state index is 12.1. The summed E-state index contributed by atoms with van der Waals surface area (Å²) in [5.41, 5.74) is 0. The van der Waals surface area contributed by atoms with Gasteiger partial charge in [-0.2, -0.15) is 0 Å². The van der Waals surface area contributed by atoms with Crippen molar-refractivity contribution in [1.29, 1.82) is 0 Å². The van der Waals surface area contributed by atoms with Crippen molar-refractivity contribution in [2.45, 2.75) is 31.9 Å². The van der Waals surface area contributed by atoms with E-state index in [2.05, 4.69) is 10.6 Å². The number of ether oxygens (including phenoxy) is 1. The lowest BCUT2D eigenvalue weighted by molar-refractivity contribution is -0.128. The van der Waals surface area contributed by atoms with Gasteiger partial charge in [-0.15, -0.1) is 0 Å². The molecule has 0 aromatic heterocycles. The predicted molar refractivity (Wildman–Crippen MR) is 80.6 cm³/mol. The summed E-state index contributed by atoms with van der Waals surface area (Å²) in [5, 5.41) is 7.19. The lowest BCUT2D eigenvalue weighted by Gasteiger charge is -2.25. The Kier molecular flexibility index (Phi) is 5.52. The third-order valence-electron chi connectivity index (χ3n) is 3.16. The Hall–Kier alpha value is -0.970. The molecule has 1 aliphatic heterocycles. The molecule has 6 heteroatoms. The maximum absolute atomic E-state index is 12.1. The second-order valence-corrected chi connectivity index (χ2v) is 5.79. The molecule has 1 aromatic carbocycles. The number of piperidine rings is 1. The van der Waals surface area contributed by atoms with E-state index in [9.17, 15) is 4.79 Å². The first-order valence-corrected chi connectivity index (χ1v) is 7.44. The van der Waals surface area contributed by atoms with Crippen molar-refractivity contribution in [1.82, 2.24) is 10.6 Å². The van der Waals surface area contributed by atoms with Crippen molar-refractivity contribution in [3.63, 3.8) is 0 Å². The molecule has 1 fully saturated rings. The fourth-order valence-corrected chi connectivity index (χ4v) is 2.65. The number of nitrogens with one attached hydrogen (secondary N) is 2. The summed E-state index contributed by atoms with van der Waals surface area (Å²) < 4.78 is 5.58. The number of carbonyl (C=O) groups excluding carboxylic acids is 1. The standard InChI is InChI=1S/C14H18Cl2N2O2/c1-9(14(19)18-12-3-2-4-17-8-12)20-13-6-10(15)5-11(16)7-13/h5-7,9,12,17H,2-4,8H2,1H3,(H,18,19). The summed E-state index contributed by atoms with van der Waals surface area (Å²) in [5.74, 6) is 0.363. The van der Waals surface area contributed by atoms with Gasteiger partial charge in [0.05, 0.1) is 0 Å². The zero-order valence-corrected chi connectivity index (χ0v) is 12.8. The smallest absolute Gasteiger partial charge is 0.261 e.